The van der Waals surface area contributed by atoms with Crippen molar-refractivity contribution in [3.63, 3.8) is 0 Å². The van der Waals surface area contributed by atoms with Crippen molar-refractivity contribution in [2.24, 2.45) is 0 Å². The highest BCUT2D eigenvalue weighted by atomic mass is 16.5. The van der Waals surface area contributed by atoms with Crippen LogP contribution in [0.1, 0.15) is 24.0 Å². The lowest BCUT2D eigenvalue weighted by Crippen LogP contribution is -2.28. The Bertz CT molecular complexity index is 826. The van der Waals surface area contributed by atoms with Crippen molar-refractivity contribution in [3.8, 4) is 0 Å². The summed E-state index contributed by atoms with van der Waals surface area (Å²) in [5.41, 5.74) is 3.40. The molecule has 4 rings (SSSR count). The van der Waals surface area contributed by atoms with Gasteiger partial charge in [-0.2, -0.15) is 5.10 Å². The van der Waals surface area contributed by atoms with Crippen LogP contribution < -0.4 is 16.0 Å². The Kier molecular flexibility index (Phi) is 4.57. The van der Waals surface area contributed by atoms with Gasteiger partial charge in [-0.05, 0) is 30.0 Å². The van der Waals surface area contributed by atoms with Crippen molar-refractivity contribution >= 4 is 23.3 Å². The number of urea groups is 1. The molecule has 1 unspecified atom stereocenters. The third-order valence-electron chi connectivity index (χ3n) is 4.55. The number of ether oxygens (including phenoxy) is 1. The minimum absolute atomic E-state index is 0.00266. The average Bonchev–Trinajstić information content (AvgIpc) is 3.34. The molecule has 8 heteroatoms. The van der Waals surface area contributed by atoms with Gasteiger partial charge in [-0.3, -0.25) is 9.48 Å². The van der Waals surface area contributed by atoms with E-state index in [1.807, 2.05) is 18.2 Å². The van der Waals surface area contributed by atoms with E-state index < -0.39 is 0 Å². The first kappa shape index (κ1) is 16.6. The van der Waals surface area contributed by atoms with Crippen LogP contribution in [0.2, 0.25) is 0 Å². The molecule has 0 bridgehead atoms. The molecule has 1 aromatic carbocycles. The Morgan fingerprint density at radius 2 is 2.35 bits per heavy atom. The number of nitrogens with one attached hydrogen (secondary N) is 3. The Labute approximate surface area is 150 Å². The summed E-state index contributed by atoms with van der Waals surface area (Å²) >= 11 is 0. The Morgan fingerprint density at radius 3 is 3.19 bits per heavy atom. The van der Waals surface area contributed by atoms with Crippen molar-refractivity contribution in [1.82, 2.24) is 15.1 Å². The molecule has 3 N–H and O–H groups in total. The number of nitrogens with zero attached hydrogens (tertiary/aromatic N) is 2. The quantitative estimate of drug-likeness (QED) is 0.763. The molecule has 0 aliphatic carbocycles. The van der Waals surface area contributed by atoms with Gasteiger partial charge < -0.3 is 20.7 Å². The largest absolute Gasteiger partial charge is 0.376 e. The van der Waals surface area contributed by atoms with E-state index in [0.717, 1.165) is 36.3 Å². The monoisotopic (exact) mass is 355 g/mol. The van der Waals surface area contributed by atoms with Crippen molar-refractivity contribution in [2.75, 3.05) is 17.2 Å². The van der Waals surface area contributed by atoms with E-state index in [2.05, 4.69) is 21.0 Å². The fourth-order valence-electron chi connectivity index (χ4n) is 3.28. The van der Waals surface area contributed by atoms with Gasteiger partial charge in [0.15, 0.2) is 0 Å². The number of rotatable bonds is 5. The fourth-order valence-corrected chi connectivity index (χ4v) is 3.28. The van der Waals surface area contributed by atoms with Gasteiger partial charge in [0.25, 0.3) is 0 Å². The molecule has 1 aromatic heterocycles. The van der Waals surface area contributed by atoms with E-state index >= 15 is 0 Å². The van der Waals surface area contributed by atoms with E-state index in [9.17, 15) is 9.59 Å². The second-order valence-electron chi connectivity index (χ2n) is 6.61. The summed E-state index contributed by atoms with van der Waals surface area (Å²) in [5, 5.41) is 12.6. The lowest BCUT2D eigenvalue weighted by atomic mass is 10.1. The highest BCUT2D eigenvalue weighted by Crippen LogP contribution is 2.23. The lowest BCUT2D eigenvalue weighted by molar-refractivity contribution is -0.115. The van der Waals surface area contributed by atoms with Gasteiger partial charge in [-0.15, -0.1) is 0 Å². The third-order valence-corrected chi connectivity index (χ3v) is 4.55. The molecule has 1 atom stereocenters. The van der Waals surface area contributed by atoms with Gasteiger partial charge in [-0.1, -0.05) is 12.1 Å². The predicted molar refractivity (Wildman–Crippen MR) is 95.8 cm³/mol. The maximum absolute atomic E-state index is 12.1. The van der Waals surface area contributed by atoms with Crippen LogP contribution >= 0.6 is 0 Å². The molecule has 1 saturated heterocycles. The topological polar surface area (TPSA) is 97.3 Å². The zero-order valence-corrected chi connectivity index (χ0v) is 14.3. The van der Waals surface area contributed by atoms with E-state index in [0.29, 0.717) is 25.2 Å². The van der Waals surface area contributed by atoms with Gasteiger partial charge >= 0.3 is 6.03 Å². The molecule has 2 aliphatic heterocycles. The Hall–Kier alpha value is -2.87. The SMILES string of the molecule is O=C1Cc2cc(CNC(=O)Nc3cnn(CC4CCCO4)c3)ccc2N1. The minimum atomic E-state index is -0.295. The minimum Gasteiger partial charge on any atom is -0.376 e. The number of carbonyl (C=O) groups is 2. The average molecular weight is 355 g/mol. The fraction of sp³-hybridized carbons (Fsp3) is 0.389. The first-order valence-corrected chi connectivity index (χ1v) is 8.76. The number of hydrogen-bond donors (Lipinski definition) is 3. The maximum Gasteiger partial charge on any atom is 0.319 e. The summed E-state index contributed by atoms with van der Waals surface area (Å²) < 4.78 is 7.37. The van der Waals surface area contributed by atoms with Crippen molar-refractivity contribution in [3.05, 3.63) is 41.7 Å². The highest BCUT2D eigenvalue weighted by Gasteiger charge is 2.18. The molecule has 1 fully saturated rings. The van der Waals surface area contributed by atoms with Gasteiger partial charge in [0, 0.05) is 25.0 Å². The van der Waals surface area contributed by atoms with Crippen LogP contribution in [0.3, 0.4) is 0 Å². The standard InChI is InChI=1S/C18H21N5O3/c24-17-7-13-6-12(3-4-16(13)22-17)8-19-18(25)21-14-9-20-23(10-14)11-15-2-1-5-26-15/h3-4,6,9-10,15H,1-2,5,7-8,11H2,(H,22,24)(H2,19,21,25). The van der Waals surface area contributed by atoms with E-state index in [-0.39, 0.29) is 18.0 Å². The van der Waals surface area contributed by atoms with E-state index in [4.69, 9.17) is 4.74 Å². The molecule has 8 nitrogen and oxygen atoms in total. The number of anilines is 2. The van der Waals surface area contributed by atoms with Crippen LogP contribution in [-0.4, -0.2) is 34.4 Å². The lowest BCUT2D eigenvalue weighted by Gasteiger charge is -2.09. The molecule has 136 valence electrons. The molecule has 3 heterocycles. The van der Waals surface area contributed by atoms with E-state index in [1.165, 1.54) is 0 Å². The van der Waals surface area contributed by atoms with Crippen LogP contribution in [0.4, 0.5) is 16.2 Å². The number of aromatic nitrogens is 2. The second kappa shape index (κ2) is 7.17. The molecule has 0 saturated carbocycles. The van der Waals surface area contributed by atoms with Crippen LogP contribution in [-0.2, 0) is 29.0 Å². The number of carbonyl (C=O) groups excluding carboxylic acids is 2. The Balaban J connectivity index is 1.27. The van der Waals surface area contributed by atoms with Crippen LogP contribution in [0, 0.1) is 0 Å². The first-order chi connectivity index (χ1) is 12.7. The molecule has 2 aromatic rings. The van der Waals surface area contributed by atoms with Gasteiger partial charge in [0.1, 0.15) is 0 Å². The van der Waals surface area contributed by atoms with Crippen molar-refractivity contribution < 1.29 is 14.3 Å². The number of amides is 3. The van der Waals surface area contributed by atoms with Crippen molar-refractivity contribution in [1.29, 1.82) is 0 Å². The highest BCUT2D eigenvalue weighted by molar-refractivity contribution is 5.99. The predicted octanol–water partition coefficient (Wildman–Crippen LogP) is 1.88. The molecular formula is C18H21N5O3. The summed E-state index contributed by atoms with van der Waals surface area (Å²) in [5.74, 6) is 0.00266. The smallest absolute Gasteiger partial charge is 0.319 e. The van der Waals surface area contributed by atoms with Crippen LogP contribution in [0.25, 0.3) is 0 Å². The number of benzene rings is 1. The molecule has 2 aliphatic rings. The molecule has 0 radical (unpaired) electrons. The molecule has 26 heavy (non-hydrogen) atoms. The van der Waals surface area contributed by atoms with Crippen LogP contribution in [0.5, 0.6) is 0 Å². The zero-order chi connectivity index (χ0) is 17.9. The first-order valence-electron chi connectivity index (χ1n) is 8.76. The summed E-state index contributed by atoms with van der Waals surface area (Å²) in [4.78, 5) is 23.5. The second-order valence-corrected chi connectivity index (χ2v) is 6.61. The van der Waals surface area contributed by atoms with Crippen LogP contribution in [0.15, 0.2) is 30.6 Å². The Morgan fingerprint density at radius 1 is 1.42 bits per heavy atom. The molecule has 3 amide bonds. The third kappa shape index (κ3) is 3.85. The molecule has 0 spiro atoms. The van der Waals surface area contributed by atoms with E-state index in [1.54, 1.807) is 17.1 Å². The van der Waals surface area contributed by atoms with Gasteiger partial charge in [-0.25, -0.2) is 4.79 Å². The van der Waals surface area contributed by atoms with Crippen molar-refractivity contribution in [2.45, 2.75) is 38.5 Å². The summed E-state index contributed by atoms with van der Waals surface area (Å²) in [6.07, 6.45) is 6.16. The summed E-state index contributed by atoms with van der Waals surface area (Å²) in [6, 6.07) is 5.40. The molecular weight excluding hydrogens is 334 g/mol. The number of hydrogen-bond acceptors (Lipinski definition) is 4. The number of fused-ring (bicyclic) bond motifs is 1. The maximum atomic E-state index is 12.1. The summed E-state index contributed by atoms with van der Waals surface area (Å²) in [6.45, 7) is 1.90. The van der Waals surface area contributed by atoms with Gasteiger partial charge in [0.2, 0.25) is 5.91 Å². The summed E-state index contributed by atoms with van der Waals surface area (Å²) in [7, 11) is 0. The van der Waals surface area contributed by atoms with Gasteiger partial charge in [0.05, 0.1) is 31.0 Å². The normalized spacial score (nSPS) is 18.5. The zero-order valence-electron chi connectivity index (χ0n) is 14.3.